The molecule has 0 radical (unpaired) electrons. The Balaban J connectivity index is 2.07. The number of urea groups is 1. The molecule has 1 aromatic carbocycles. The minimum atomic E-state index is -1.00. The summed E-state index contributed by atoms with van der Waals surface area (Å²) in [7, 11) is 1.78. The van der Waals surface area contributed by atoms with Gasteiger partial charge in [-0.15, -0.1) is 0 Å². The van der Waals surface area contributed by atoms with Crippen molar-refractivity contribution < 1.29 is 14.7 Å². The SMILES string of the molecule is Cc1ccc(C(=O)O)cc1NC(=O)N(C)C1CCNCC1. The lowest BCUT2D eigenvalue weighted by molar-refractivity contribution is 0.0697. The Morgan fingerprint density at radius 2 is 2.00 bits per heavy atom. The third-order valence-corrected chi connectivity index (χ3v) is 3.90. The first kappa shape index (κ1) is 15.3. The molecule has 6 nitrogen and oxygen atoms in total. The summed E-state index contributed by atoms with van der Waals surface area (Å²) in [6, 6.07) is 4.74. The van der Waals surface area contributed by atoms with Crippen LogP contribution in [0.15, 0.2) is 18.2 Å². The van der Waals surface area contributed by atoms with Crippen LogP contribution in [0.1, 0.15) is 28.8 Å². The van der Waals surface area contributed by atoms with Crippen molar-refractivity contribution in [3.8, 4) is 0 Å². The highest BCUT2D eigenvalue weighted by molar-refractivity contribution is 5.94. The third-order valence-electron chi connectivity index (χ3n) is 3.90. The van der Waals surface area contributed by atoms with Crippen molar-refractivity contribution >= 4 is 17.7 Å². The van der Waals surface area contributed by atoms with Crippen molar-refractivity contribution in [2.75, 3.05) is 25.5 Å². The van der Waals surface area contributed by atoms with Crippen LogP contribution in [0.25, 0.3) is 0 Å². The largest absolute Gasteiger partial charge is 0.478 e. The molecule has 3 N–H and O–H groups in total. The van der Waals surface area contributed by atoms with Gasteiger partial charge in [0.1, 0.15) is 0 Å². The van der Waals surface area contributed by atoms with Crippen LogP contribution in [0.2, 0.25) is 0 Å². The molecular formula is C15H21N3O3. The van der Waals surface area contributed by atoms with Gasteiger partial charge in [-0.25, -0.2) is 9.59 Å². The molecule has 21 heavy (non-hydrogen) atoms. The number of aryl methyl sites for hydroxylation is 1. The normalized spacial score (nSPS) is 15.5. The number of hydrogen-bond acceptors (Lipinski definition) is 3. The molecule has 0 bridgehead atoms. The Morgan fingerprint density at radius 1 is 1.33 bits per heavy atom. The number of benzene rings is 1. The summed E-state index contributed by atoms with van der Waals surface area (Å²) in [4.78, 5) is 25.0. The summed E-state index contributed by atoms with van der Waals surface area (Å²) >= 11 is 0. The molecule has 0 aliphatic carbocycles. The van der Waals surface area contributed by atoms with Gasteiger partial charge in [0.25, 0.3) is 0 Å². The molecule has 1 heterocycles. The lowest BCUT2D eigenvalue weighted by atomic mass is 10.1. The molecule has 2 rings (SSSR count). The molecule has 0 unspecified atom stereocenters. The van der Waals surface area contributed by atoms with Crippen LogP contribution >= 0.6 is 0 Å². The number of carboxylic acids is 1. The van der Waals surface area contributed by atoms with Gasteiger partial charge in [0, 0.05) is 18.8 Å². The van der Waals surface area contributed by atoms with Crippen LogP contribution in [0.5, 0.6) is 0 Å². The molecule has 1 aromatic rings. The number of piperidine rings is 1. The van der Waals surface area contributed by atoms with E-state index in [0.29, 0.717) is 5.69 Å². The van der Waals surface area contributed by atoms with Gasteiger partial charge in [0.05, 0.1) is 5.56 Å². The average molecular weight is 291 g/mol. The number of rotatable bonds is 3. The number of carbonyl (C=O) groups is 2. The van der Waals surface area contributed by atoms with Crippen molar-refractivity contribution in [3.63, 3.8) is 0 Å². The second-order valence-electron chi connectivity index (χ2n) is 5.36. The fraction of sp³-hybridized carbons (Fsp3) is 0.467. The second kappa shape index (κ2) is 6.58. The summed E-state index contributed by atoms with van der Waals surface area (Å²) in [5.41, 5.74) is 1.55. The van der Waals surface area contributed by atoms with Gasteiger partial charge in [0.2, 0.25) is 0 Å². The minimum absolute atomic E-state index is 0.167. The maximum absolute atomic E-state index is 12.3. The Kier molecular flexibility index (Phi) is 4.80. The first-order valence-electron chi connectivity index (χ1n) is 7.07. The van der Waals surface area contributed by atoms with E-state index in [9.17, 15) is 9.59 Å². The van der Waals surface area contributed by atoms with Crippen molar-refractivity contribution in [3.05, 3.63) is 29.3 Å². The number of hydrogen-bond donors (Lipinski definition) is 3. The number of amides is 2. The molecular weight excluding hydrogens is 270 g/mol. The Hall–Kier alpha value is -2.08. The van der Waals surface area contributed by atoms with Crippen LogP contribution in [0.4, 0.5) is 10.5 Å². The molecule has 0 aromatic heterocycles. The maximum Gasteiger partial charge on any atom is 0.335 e. The van der Waals surface area contributed by atoms with E-state index in [1.54, 1.807) is 18.0 Å². The van der Waals surface area contributed by atoms with Gasteiger partial charge in [-0.3, -0.25) is 0 Å². The van der Waals surface area contributed by atoms with Crippen molar-refractivity contribution in [1.82, 2.24) is 10.2 Å². The Bertz CT molecular complexity index is 539. The molecule has 1 saturated heterocycles. The number of nitrogens with zero attached hydrogens (tertiary/aromatic N) is 1. The molecule has 2 amide bonds. The van der Waals surface area contributed by atoms with Gasteiger partial charge in [0.15, 0.2) is 0 Å². The number of aromatic carboxylic acids is 1. The highest BCUT2D eigenvalue weighted by Gasteiger charge is 2.22. The zero-order valence-electron chi connectivity index (χ0n) is 12.3. The van der Waals surface area contributed by atoms with Crippen LogP contribution in [-0.4, -0.2) is 48.2 Å². The third kappa shape index (κ3) is 3.72. The van der Waals surface area contributed by atoms with E-state index in [4.69, 9.17) is 5.11 Å². The lowest BCUT2D eigenvalue weighted by Crippen LogP contribution is -2.45. The zero-order chi connectivity index (χ0) is 15.4. The number of carbonyl (C=O) groups excluding carboxylic acids is 1. The van der Waals surface area contributed by atoms with E-state index in [-0.39, 0.29) is 17.6 Å². The van der Waals surface area contributed by atoms with E-state index >= 15 is 0 Å². The standard InChI is InChI=1S/C15H21N3O3/c1-10-3-4-11(14(19)20)9-13(10)17-15(21)18(2)12-5-7-16-8-6-12/h3-4,9,12,16H,5-8H2,1-2H3,(H,17,21)(H,19,20). The number of nitrogens with one attached hydrogen (secondary N) is 2. The highest BCUT2D eigenvalue weighted by atomic mass is 16.4. The highest BCUT2D eigenvalue weighted by Crippen LogP contribution is 2.19. The zero-order valence-corrected chi connectivity index (χ0v) is 12.3. The number of carboxylic acid groups (broad SMARTS) is 1. The van der Waals surface area contributed by atoms with Crippen molar-refractivity contribution in [2.45, 2.75) is 25.8 Å². The fourth-order valence-electron chi connectivity index (χ4n) is 2.45. The van der Waals surface area contributed by atoms with Crippen molar-refractivity contribution in [1.29, 1.82) is 0 Å². The summed E-state index contributed by atoms with van der Waals surface area (Å²) in [6.07, 6.45) is 1.86. The Labute approximate surface area is 124 Å². The van der Waals surface area contributed by atoms with Crippen molar-refractivity contribution in [2.24, 2.45) is 0 Å². The monoisotopic (exact) mass is 291 g/mol. The van der Waals surface area contributed by atoms with Crippen LogP contribution in [0.3, 0.4) is 0 Å². The predicted molar refractivity (Wildman–Crippen MR) is 80.8 cm³/mol. The maximum atomic E-state index is 12.3. The van der Waals surface area contributed by atoms with E-state index in [0.717, 1.165) is 31.5 Å². The molecule has 0 saturated carbocycles. The summed E-state index contributed by atoms with van der Waals surface area (Å²) in [5.74, 6) is -1.00. The van der Waals surface area contributed by atoms with Crippen LogP contribution in [-0.2, 0) is 0 Å². The first-order chi connectivity index (χ1) is 9.99. The van der Waals surface area contributed by atoms with E-state index in [2.05, 4.69) is 10.6 Å². The van der Waals surface area contributed by atoms with Gasteiger partial charge in [-0.1, -0.05) is 6.07 Å². The van der Waals surface area contributed by atoms with Gasteiger partial charge >= 0.3 is 12.0 Å². The average Bonchev–Trinajstić information content (AvgIpc) is 2.49. The van der Waals surface area contributed by atoms with Crippen LogP contribution in [0, 0.1) is 6.92 Å². The summed E-state index contributed by atoms with van der Waals surface area (Å²) < 4.78 is 0. The van der Waals surface area contributed by atoms with E-state index in [1.807, 2.05) is 6.92 Å². The second-order valence-corrected chi connectivity index (χ2v) is 5.36. The summed E-state index contributed by atoms with van der Waals surface area (Å²) in [6.45, 7) is 3.66. The quantitative estimate of drug-likeness (QED) is 0.794. The fourth-order valence-corrected chi connectivity index (χ4v) is 2.45. The first-order valence-corrected chi connectivity index (χ1v) is 7.07. The minimum Gasteiger partial charge on any atom is -0.478 e. The molecule has 1 aliphatic rings. The van der Waals surface area contributed by atoms with Crippen LogP contribution < -0.4 is 10.6 Å². The molecule has 1 aliphatic heterocycles. The molecule has 0 atom stereocenters. The van der Waals surface area contributed by atoms with Gasteiger partial charge < -0.3 is 20.6 Å². The number of anilines is 1. The smallest absolute Gasteiger partial charge is 0.335 e. The van der Waals surface area contributed by atoms with E-state index < -0.39 is 5.97 Å². The topological polar surface area (TPSA) is 81.7 Å². The molecule has 1 fully saturated rings. The molecule has 114 valence electrons. The van der Waals surface area contributed by atoms with Gasteiger partial charge in [-0.2, -0.15) is 0 Å². The predicted octanol–water partition coefficient (Wildman–Crippen LogP) is 1.91. The molecule has 6 heteroatoms. The summed E-state index contributed by atoms with van der Waals surface area (Å²) in [5, 5.41) is 15.1. The van der Waals surface area contributed by atoms with Gasteiger partial charge in [-0.05, 0) is 50.6 Å². The van der Waals surface area contributed by atoms with E-state index in [1.165, 1.54) is 12.1 Å². The Morgan fingerprint density at radius 3 is 2.62 bits per heavy atom. The lowest BCUT2D eigenvalue weighted by Gasteiger charge is -2.31. The molecule has 0 spiro atoms.